The van der Waals surface area contributed by atoms with Gasteiger partial charge in [0.25, 0.3) is 5.95 Å². The highest BCUT2D eigenvalue weighted by atomic mass is 16.5. The molecule has 70 valence electrons. The Labute approximate surface area is 75.9 Å². The van der Waals surface area contributed by atoms with Crippen LogP contribution in [0.15, 0.2) is 4.52 Å². The molecule has 0 radical (unpaired) electrons. The molecule has 2 fully saturated rings. The van der Waals surface area contributed by atoms with Crippen LogP contribution >= 0.6 is 0 Å². The fraction of sp³-hybridized carbons (Fsp3) is 0.750. The summed E-state index contributed by atoms with van der Waals surface area (Å²) in [5.41, 5.74) is 5.41. The van der Waals surface area contributed by atoms with Gasteiger partial charge in [-0.05, 0) is 24.0 Å². The summed E-state index contributed by atoms with van der Waals surface area (Å²) in [5, 5.41) is 3.62. The van der Waals surface area contributed by atoms with Gasteiger partial charge in [0.2, 0.25) is 5.89 Å². The fourth-order valence-electron chi connectivity index (χ4n) is 2.46. The normalized spacial score (nSPS) is 37.1. The third kappa shape index (κ3) is 1.03. The van der Waals surface area contributed by atoms with Crippen LogP contribution in [0.1, 0.15) is 18.2 Å². The molecule has 3 heterocycles. The van der Waals surface area contributed by atoms with Crippen molar-refractivity contribution in [1.29, 1.82) is 0 Å². The van der Waals surface area contributed by atoms with Crippen molar-refractivity contribution in [2.24, 2.45) is 5.92 Å². The molecule has 1 aromatic rings. The number of anilines is 1. The van der Waals surface area contributed by atoms with E-state index < -0.39 is 0 Å². The third-order valence-corrected chi connectivity index (χ3v) is 3.11. The maximum Gasteiger partial charge on any atom is 0.260 e. The molecule has 3 atom stereocenters. The third-order valence-electron chi connectivity index (χ3n) is 3.11. The van der Waals surface area contributed by atoms with Crippen molar-refractivity contribution < 1.29 is 4.52 Å². The molecule has 5 nitrogen and oxygen atoms in total. The first-order valence-electron chi connectivity index (χ1n) is 4.64. The highest BCUT2D eigenvalue weighted by molar-refractivity contribution is 5.15. The van der Waals surface area contributed by atoms with E-state index in [0.29, 0.717) is 11.8 Å². The minimum absolute atomic E-state index is 0.257. The van der Waals surface area contributed by atoms with Gasteiger partial charge in [0.05, 0.1) is 5.92 Å². The Bertz CT molecular complexity index is 324. The highest BCUT2D eigenvalue weighted by Crippen LogP contribution is 2.38. The first-order valence-corrected chi connectivity index (χ1v) is 4.64. The first kappa shape index (κ1) is 7.32. The van der Waals surface area contributed by atoms with Crippen LogP contribution in [0.25, 0.3) is 0 Å². The maximum atomic E-state index is 5.41. The molecule has 5 heteroatoms. The lowest BCUT2D eigenvalue weighted by molar-refractivity contribution is 0.289. The van der Waals surface area contributed by atoms with Crippen molar-refractivity contribution >= 4 is 5.95 Å². The monoisotopic (exact) mass is 180 g/mol. The summed E-state index contributed by atoms with van der Waals surface area (Å²) < 4.78 is 5.09. The molecule has 2 aliphatic rings. The summed E-state index contributed by atoms with van der Waals surface area (Å²) in [5.74, 6) is 2.12. The Hall–Kier alpha value is -1.10. The Morgan fingerprint density at radius 1 is 1.46 bits per heavy atom. The van der Waals surface area contributed by atoms with E-state index in [1.54, 1.807) is 0 Å². The van der Waals surface area contributed by atoms with Crippen molar-refractivity contribution in [2.45, 2.75) is 12.3 Å². The van der Waals surface area contributed by atoms with Gasteiger partial charge in [-0.1, -0.05) is 0 Å². The van der Waals surface area contributed by atoms with Gasteiger partial charge in [0.15, 0.2) is 0 Å². The predicted octanol–water partition coefficient (Wildman–Crippen LogP) is 0.0709. The van der Waals surface area contributed by atoms with Crippen molar-refractivity contribution in [3.05, 3.63) is 5.89 Å². The topological polar surface area (TPSA) is 68.2 Å². The molecule has 0 amide bonds. The molecular weight excluding hydrogens is 168 g/mol. The minimum Gasteiger partial charge on any atom is -0.365 e. The quantitative estimate of drug-likeness (QED) is 0.662. The number of piperidine rings is 1. The van der Waals surface area contributed by atoms with Crippen LogP contribution in [0.3, 0.4) is 0 Å². The smallest absolute Gasteiger partial charge is 0.260 e. The second-order valence-electron chi connectivity index (χ2n) is 3.91. The van der Waals surface area contributed by atoms with Crippen LogP contribution in [0.4, 0.5) is 5.95 Å². The summed E-state index contributed by atoms with van der Waals surface area (Å²) >= 11 is 0. The largest absolute Gasteiger partial charge is 0.365 e. The van der Waals surface area contributed by atoms with Crippen LogP contribution in [-0.4, -0.2) is 34.7 Å². The molecule has 0 aliphatic carbocycles. The molecule has 1 unspecified atom stereocenters. The van der Waals surface area contributed by atoms with Gasteiger partial charge in [-0.3, -0.25) is 0 Å². The fourth-order valence-corrected chi connectivity index (χ4v) is 2.46. The predicted molar refractivity (Wildman–Crippen MR) is 46.0 cm³/mol. The van der Waals surface area contributed by atoms with Gasteiger partial charge in [0.1, 0.15) is 0 Å². The molecule has 13 heavy (non-hydrogen) atoms. The number of hydrogen-bond donors (Lipinski definition) is 1. The van der Waals surface area contributed by atoms with Crippen LogP contribution in [-0.2, 0) is 0 Å². The van der Waals surface area contributed by atoms with E-state index in [1.165, 1.54) is 19.5 Å². The minimum atomic E-state index is 0.257. The number of nitrogens with zero attached hydrogens (tertiary/aromatic N) is 3. The second-order valence-corrected chi connectivity index (χ2v) is 3.91. The lowest BCUT2D eigenvalue weighted by atomic mass is 9.93. The van der Waals surface area contributed by atoms with Crippen molar-refractivity contribution in [1.82, 2.24) is 15.0 Å². The zero-order valence-electron chi connectivity index (χ0n) is 7.31. The molecule has 0 spiro atoms. The number of rotatable bonds is 1. The van der Waals surface area contributed by atoms with Gasteiger partial charge in [-0.2, -0.15) is 4.98 Å². The van der Waals surface area contributed by atoms with Crippen LogP contribution < -0.4 is 5.73 Å². The average Bonchev–Trinajstić information content (AvgIpc) is 2.77. The van der Waals surface area contributed by atoms with Gasteiger partial charge in [-0.25, -0.2) is 0 Å². The number of nitrogen functional groups attached to an aromatic ring is 1. The number of aromatic nitrogens is 2. The number of nitrogens with two attached hydrogens (primary N) is 1. The van der Waals surface area contributed by atoms with Crippen LogP contribution in [0.2, 0.25) is 0 Å². The second kappa shape index (κ2) is 2.45. The number of hydrogen-bond acceptors (Lipinski definition) is 5. The Morgan fingerprint density at radius 2 is 2.38 bits per heavy atom. The molecule has 2 bridgehead atoms. The maximum absolute atomic E-state index is 5.41. The van der Waals surface area contributed by atoms with Crippen LogP contribution in [0.5, 0.6) is 0 Å². The van der Waals surface area contributed by atoms with E-state index in [9.17, 15) is 0 Å². The van der Waals surface area contributed by atoms with E-state index in [2.05, 4.69) is 15.0 Å². The Kier molecular flexibility index (Phi) is 1.38. The molecule has 2 N–H and O–H groups in total. The van der Waals surface area contributed by atoms with Crippen molar-refractivity contribution in [2.75, 3.05) is 25.4 Å². The van der Waals surface area contributed by atoms with Crippen molar-refractivity contribution in [3.63, 3.8) is 0 Å². The first-order chi connectivity index (χ1) is 6.33. The summed E-state index contributed by atoms with van der Waals surface area (Å²) in [6, 6.07) is 0. The summed E-state index contributed by atoms with van der Waals surface area (Å²) in [6.07, 6.45) is 1.26. The van der Waals surface area contributed by atoms with E-state index in [-0.39, 0.29) is 5.95 Å². The summed E-state index contributed by atoms with van der Waals surface area (Å²) in [6.45, 7) is 3.48. The van der Waals surface area contributed by atoms with E-state index in [0.717, 1.165) is 12.4 Å². The van der Waals surface area contributed by atoms with Crippen LogP contribution in [0, 0.1) is 5.92 Å². The van der Waals surface area contributed by atoms with Crippen molar-refractivity contribution in [3.8, 4) is 0 Å². The average molecular weight is 180 g/mol. The van der Waals surface area contributed by atoms with E-state index >= 15 is 0 Å². The zero-order chi connectivity index (χ0) is 8.84. The molecular formula is C8H12N4O. The van der Waals surface area contributed by atoms with E-state index in [1.807, 2.05) is 0 Å². The van der Waals surface area contributed by atoms with Gasteiger partial charge < -0.3 is 15.2 Å². The molecule has 2 saturated heterocycles. The number of fused-ring (bicyclic) bond motifs is 2. The van der Waals surface area contributed by atoms with E-state index in [4.69, 9.17) is 10.3 Å². The molecule has 0 aromatic carbocycles. The lowest BCUT2D eigenvalue weighted by Gasteiger charge is -2.17. The summed E-state index contributed by atoms with van der Waals surface area (Å²) in [4.78, 5) is 6.52. The molecule has 3 rings (SSSR count). The molecule has 1 aromatic heterocycles. The highest BCUT2D eigenvalue weighted by Gasteiger charge is 2.41. The summed E-state index contributed by atoms with van der Waals surface area (Å²) in [7, 11) is 0. The lowest BCUT2D eigenvalue weighted by Crippen LogP contribution is -2.22. The SMILES string of the molecule is Nc1noc([C@@H]2CN3CC[C@@H]2C3)n1. The Balaban J connectivity index is 1.87. The standard InChI is InChI=1S/C8H12N4O/c9-8-10-7(13-11-8)6-4-12-2-1-5(6)3-12/h5-6H,1-4H2,(H2,9,11)/t5-,6-/m1/s1. The van der Waals surface area contributed by atoms with Gasteiger partial charge in [0, 0.05) is 13.1 Å². The van der Waals surface area contributed by atoms with Gasteiger partial charge >= 0.3 is 0 Å². The van der Waals surface area contributed by atoms with Gasteiger partial charge in [-0.15, -0.1) is 0 Å². The Morgan fingerprint density at radius 3 is 2.92 bits per heavy atom. The molecule has 2 aliphatic heterocycles. The molecule has 0 saturated carbocycles. The zero-order valence-corrected chi connectivity index (χ0v) is 7.31.